The van der Waals surface area contributed by atoms with Gasteiger partial charge in [0.1, 0.15) is 0 Å². The van der Waals surface area contributed by atoms with Gasteiger partial charge in [0.2, 0.25) is 0 Å². The number of benzene rings is 1. The summed E-state index contributed by atoms with van der Waals surface area (Å²) in [6, 6.07) is 10.7. The lowest BCUT2D eigenvalue weighted by atomic mass is 10.1. The smallest absolute Gasteiger partial charge is 0.251 e. The zero-order valence-electron chi connectivity index (χ0n) is 11.6. The van der Waals surface area contributed by atoms with Crippen LogP contribution >= 0.6 is 0 Å². The number of aromatic amines is 1. The molecule has 2 heterocycles. The van der Waals surface area contributed by atoms with Gasteiger partial charge < -0.3 is 15.1 Å². The fourth-order valence-electron chi connectivity index (χ4n) is 2.21. The van der Waals surface area contributed by atoms with Gasteiger partial charge in [-0.3, -0.25) is 4.79 Å². The summed E-state index contributed by atoms with van der Waals surface area (Å²) in [6.07, 6.45) is 2.41. The topological polar surface area (TPSA) is 84.9 Å². The standard InChI is InChI=1S/C16H15N3O2/c1-2-10-5-6-11(8-12(10)17)13-9-15(20)19-16(18-13)14-4-3-7-21-14/h3-9H,2,17H2,1H3,(H,18,19,20). The number of hydrogen-bond donors (Lipinski definition) is 2. The predicted molar refractivity (Wildman–Crippen MR) is 81.8 cm³/mol. The van der Waals surface area contributed by atoms with Crippen LogP contribution in [0.15, 0.2) is 51.9 Å². The fraction of sp³-hybridized carbons (Fsp3) is 0.125. The lowest BCUT2D eigenvalue weighted by molar-refractivity contribution is 0.577. The van der Waals surface area contributed by atoms with Gasteiger partial charge in [-0.2, -0.15) is 0 Å². The molecule has 1 aromatic carbocycles. The molecule has 0 amide bonds. The number of nitrogens with one attached hydrogen (secondary N) is 1. The second-order valence-corrected chi connectivity index (χ2v) is 4.72. The van der Waals surface area contributed by atoms with E-state index in [2.05, 4.69) is 9.97 Å². The minimum atomic E-state index is -0.232. The SMILES string of the molecule is CCc1ccc(-c2cc(=O)[nH]c(-c3ccco3)n2)cc1N. The van der Waals surface area contributed by atoms with Crippen LogP contribution in [-0.4, -0.2) is 9.97 Å². The molecule has 0 atom stereocenters. The van der Waals surface area contributed by atoms with Crippen molar-refractivity contribution in [3.8, 4) is 22.8 Å². The van der Waals surface area contributed by atoms with E-state index in [1.54, 1.807) is 12.1 Å². The van der Waals surface area contributed by atoms with E-state index in [-0.39, 0.29) is 5.56 Å². The number of hydrogen-bond acceptors (Lipinski definition) is 4. The molecule has 0 aliphatic carbocycles. The first kappa shape index (κ1) is 13.2. The lowest BCUT2D eigenvalue weighted by Gasteiger charge is -2.07. The molecule has 106 valence electrons. The molecule has 5 heteroatoms. The van der Waals surface area contributed by atoms with E-state index >= 15 is 0 Å². The van der Waals surface area contributed by atoms with E-state index in [0.29, 0.717) is 23.0 Å². The molecule has 0 aliphatic rings. The van der Waals surface area contributed by atoms with Crippen LogP contribution in [0.5, 0.6) is 0 Å². The van der Waals surface area contributed by atoms with Gasteiger partial charge in [0.05, 0.1) is 12.0 Å². The summed E-state index contributed by atoms with van der Waals surface area (Å²) in [6.45, 7) is 2.05. The van der Waals surface area contributed by atoms with Crippen molar-refractivity contribution >= 4 is 5.69 Å². The molecule has 0 unspecified atom stereocenters. The maximum Gasteiger partial charge on any atom is 0.251 e. The average Bonchev–Trinajstić information content (AvgIpc) is 3.01. The van der Waals surface area contributed by atoms with Gasteiger partial charge in [-0.1, -0.05) is 19.1 Å². The Morgan fingerprint density at radius 2 is 2.14 bits per heavy atom. The molecule has 0 radical (unpaired) electrons. The number of anilines is 1. The van der Waals surface area contributed by atoms with Crippen LogP contribution in [0.25, 0.3) is 22.8 Å². The summed E-state index contributed by atoms with van der Waals surface area (Å²) in [7, 11) is 0. The van der Waals surface area contributed by atoms with Crippen LogP contribution < -0.4 is 11.3 Å². The van der Waals surface area contributed by atoms with Gasteiger partial charge in [-0.25, -0.2) is 4.98 Å². The first-order valence-electron chi connectivity index (χ1n) is 6.71. The molecular formula is C16H15N3O2. The first-order chi connectivity index (χ1) is 10.2. The van der Waals surface area contributed by atoms with Gasteiger partial charge in [0.25, 0.3) is 5.56 Å². The van der Waals surface area contributed by atoms with E-state index in [0.717, 1.165) is 17.5 Å². The van der Waals surface area contributed by atoms with E-state index in [1.165, 1.54) is 12.3 Å². The second kappa shape index (κ2) is 5.28. The van der Waals surface area contributed by atoms with Gasteiger partial charge in [-0.05, 0) is 30.2 Å². The minimum Gasteiger partial charge on any atom is -0.461 e. The number of H-pyrrole nitrogens is 1. The molecule has 2 aromatic heterocycles. The zero-order valence-corrected chi connectivity index (χ0v) is 11.6. The highest BCUT2D eigenvalue weighted by molar-refractivity contribution is 5.67. The summed E-state index contributed by atoms with van der Waals surface area (Å²) in [4.78, 5) is 18.9. The van der Waals surface area contributed by atoms with Gasteiger partial charge in [-0.15, -0.1) is 0 Å². The van der Waals surface area contributed by atoms with Crippen LogP contribution in [-0.2, 0) is 6.42 Å². The number of aromatic nitrogens is 2. The van der Waals surface area contributed by atoms with Crippen LogP contribution in [0.2, 0.25) is 0 Å². The Morgan fingerprint density at radius 1 is 1.29 bits per heavy atom. The monoisotopic (exact) mass is 281 g/mol. The predicted octanol–water partition coefficient (Wildman–Crippen LogP) is 2.84. The van der Waals surface area contributed by atoms with Crippen molar-refractivity contribution in [2.75, 3.05) is 5.73 Å². The Bertz CT molecular complexity index is 820. The molecule has 0 saturated carbocycles. The normalized spacial score (nSPS) is 10.7. The van der Waals surface area contributed by atoms with Gasteiger partial charge in [0.15, 0.2) is 11.6 Å². The minimum absolute atomic E-state index is 0.232. The zero-order chi connectivity index (χ0) is 14.8. The number of nitrogens with zero attached hydrogens (tertiary/aromatic N) is 1. The average molecular weight is 281 g/mol. The Hall–Kier alpha value is -2.82. The third-order valence-electron chi connectivity index (χ3n) is 3.32. The van der Waals surface area contributed by atoms with Crippen molar-refractivity contribution in [3.05, 3.63) is 58.6 Å². The molecule has 5 nitrogen and oxygen atoms in total. The van der Waals surface area contributed by atoms with Crippen LogP contribution in [0.4, 0.5) is 5.69 Å². The van der Waals surface area contributed by atoms with Gasteiger partial charge >= 0.3 is 0 Å². The number of furan rings is 1. The Balaban J connectivity index is 2.11. The maximum absolute atomic E-state index is 11.8. The molecule has 0 saturated heterocycles. The molecule has 0 bridgehead atoms. The van der Waals surface area contributed by atoms with Crippen molar-refractivity contribution in [2.24, 2.45) is 0 Å². The van der Waals surface area contributed by atoms with Crippen molar-refractivity contribution in [1.29, 1.82) is 0 Å². The van der Waals surface area contributed by atoms with Crippen LogP contribution in [0.3, 0.4) is 0 Å². The third kappa shape index (κ3) is 2.58. The van der Waals surface area contributed by atoms with Crippen molar-refractivity contribution in [3.63, 3.8) is 0 Å². The molecule has 0 spiro atoms. The third-order valence-corrected chi connectivity index (χ3v) is 3.32. The molecule has 3 N–H and O–H groups in total. The maximum atomic E-state index is 11.8. The van der Waals surface area contributed by atoms with Crippen LogP contribution in [0, 0.1) is 0 Å². The van der Waals surface area contributed by atoms with E-state index in [4.69, 9.17) is 10.2 Å². The summed E-state index contributed by atoms with van der Waals surface area (Å²) >= 11 is 0. The van der Waals surface area contributed by atoms with E-state index < -0.39 is 0 Å². The Kier molecular flexibility index (Phi) is 3.31. The van der Waals surface area contributed by atoms with Crippen LogP contribution in [0.1, 0.15) is 12.5 Å². The lowest BCUT2D eigenvalue weighted by Crippen LogP contribution is -2.08. The molecule has 21 heavy (non-hydrogen) atoms. The highest BCUT2D eigenvalue weighted by atomic mass is 16.3. The summed E-state index contributed by atoms with van der Waals surface area (Å²) in [5, 5.41) is 0. The van der Waals surface area contributed by atoms with Crippen molar-refractivity contribution in [2.45, 2.75) is 13.3 Å². The number of aryl methyl sites for hydroxylation is 1. The summed E-state index contributed by atoms with van der Waals surface area (Å²) in [5.74, 6) is 0.924. The highest BCUT2D eigenvalue weighted by Gasteiger charge is 2.09. The van der Waals surface area contributed by atoms with Gasteiger partial charge in [0, 0.05) is 17.3 Å². The molecule has 3 rings (SSSR count). The number of nitrogen functional groups attached to an aromatic ring is 1. The molecule has 0 aliphatic heterocycles. The summed E-state index contributed by atoms with van der Waals surface area (Å²) < 4.78 is 5.27. The Labute approximate surface area is 121 Å². The highest BCUT2D eigenvalue weighted by Crippen LogP contribution is 2.24. The summed E-state index contributed by atoms with van der Waals surface area (Å²) in [5.41, 5.74) is 8.94. The quantitative estimate of drug-likeness (QED) is 0.723. The Morgan fingerprint density at radius 3 is 2.81 bits per heavy atom. The number of rotatable bonds is 3. The molecule has 3 aromatic rings. The van der Waals surface area contributed by atoms with E-state index in [9.17, 15) is 4.79 Å². The molecule has 0 fully saturated rings. The van der Waals surface area contributed by atoms with Crippen molar-refractivity contribution in [1.82, 2.24) is 9.97 Å². The first-order valence-corrected chi connectivity index (χ1v) is 6.71. The number of nitrogens with two attached hydrogens (primary N) is 1. The molecular weight excluding hydrogens is 266 g/mol. The van der Waals surface area contributed by atoms with E-state index in [1.807, 2.05) is 25.1 Å². The largest absolute Gasteiger partial charge is 0.461 e. The second-order valence-electron chi connectivity index (χ2n) is 4.72. The van der Waals surface area contributed by atoms with Crippen molar-refractivity contribution < 1.29 is 4.42 Å². The fourth-order valence-corrected chi connectivity index (χ4v) is 2.21.